The molecule has 1 fully saturated rings. The molecule has 8 heteroatoms. The SMILES string of the molecule is O=C(Nc1nc2ccccc2s1)c1cccc(N2CCCS2(=O)=O)c1. The molecular weight excluding hydrogens is 358 g/mol. The number of carbonyl (C=O) groups excluding carboxylic acids is 1. The van der Waals surface area contributed by atoms with E-state index in [0.29, 0.717) is 29.3 Å². The Morgan fingerprint density at radius 3 is 2.76 bits per heavy atom. The van der Waals surface area contributed by atoms with Crippen molar-refractivity contribution in [2.24, 2.45) is 0 Å². The lowest BCUT2D eigenvalue weighted by Crippen LogP contribution is -2.25. The molecule has 3 aromatic rings. The number of anilines is 2. The molecule has 0 bridgehead atoms. The number of fused-ring (bicyclic) bond motifs is 1. The van der Waals surface area contributed by atoms with Gasteiger partial charge in [0, 0.05) is 12.1 Å². The Kier molecular flexibility index (Phi) is 3.93. The van der Waals surface area contributed by atoms with Crippen LogP contribution in [0.4, 0.5) is 10.8 Å². The average molecular weight is 373 g/mol. The van der Waals surface area contributed by atoms with Crippen LogP contribution in [0.5, 0.6) is 0 Å². The predicted octanol–water partition coefficient (Wildman–Crippen LogP) is 3.09. The summed E-state index contributed by atoms with van der Waals surface area (Å²) >= 11 is 1.40. The van der Waals surface area contributed by atoms with Crippen molar-refractivity contribution in [2.45, 2.75) is 6.42 Å². The Hall–Kier alpha value is -2.45. The maximum Gasteiger partial charge on any atom is 0.257 e. The van der Waals surface area contributed by atoms with Gasteiger partial charge in [-0.05, 0) is 36.8 Å². The fraction of sp³-hybridized carbons (Fsp3) is 0.176. The molecule has 0 spiro atoms. The molecule has 1 aromatic heterocycles. The zero-order valence-corrected chi connectivity index (χ0v) is 14.8. The van der Waals surface area contributed by atoms with Gasteiger partial charge in [-0.1, -0.05) is 29.5 Å². The van der Waals surface area contributed by atoms with Crippen LogP contribution in [0.15, 0.2) is 48.5 Å². The van der Waals surface area contributed by atoms with Crippen molar-refractivity contribution in [3.63, 3.8) is 0 Å². The summed E-state index contributed by atoms with van der Waals surface area (Å²) in [6.07, 6.45) is 0.602. The van der Waals surface area contributed by atoms with Crippen LogP contribution in [-0.4, -0.2) is 31.6 Å². The third-order valence-corrected chi connectivity index (χ3v) is 6.83. The van der Waals surface area contributed by atoms with Gasteiger partial charge >= 0.3 is 0 Å². The maximum absolute atomic E-state index is 12.5. The molecule has 0 radical (unpaired) electrons. The van der Waals surface area contributed by atoms with Gasteiger partial charge in [-0.2, -0.15) is 0 Å². The first kappa shape index (κ1) is 16.0. The van der Waals surface area contributed by atoms with Crippen LogP contribution in [-0.2, 0) is 10.0 Å². The summed E-state index contributed by atoms with van der Waals surface area (Å²) in [5, 5.41) is 3.31. The number of benzene rings is 2. The molecule has 25 heavy (non-hydrogen) atoms. The first-order valence-corrected chi connectivity index (χ1v) is 10.2. The molecular formula is C17H15N3O3S2. The normalized spacial score (nSPS) is 16.2. The van der Waals surface area contributed by atoms with Crippen molar-refractivity contribution < 1.29 is 13.2 Å². The lowest BCUT2D eigenvalue weighted by Gasteiger charge is -2.17. The smallest absolute Gasteiger partial charge is 0.257 e. The minimum Gasteiger partial charge on any atom is -0.298 e. The molecule has 2 aromatic carbocycles. The predicted molar refractivity (Wildman–Crippen MR) is 99.8 cm³/mol. The van der Waals surface area contributed by atoms with Gasteiger partial charge in [0.25, 0.3) is 5.91 Å². The fourth-order valence-corrected chi connectivity index (χ4v) is 5.24. The van der Waals surface area contributed by atoms with Crippen LogP contribution in [0, 0.1) is 0 Å². The van der Waals surface area contributed by atoms with Crippen molar-refractivity contribution in [1.82, 2.24) is 4.98 Å². The van der Waals surface area contributed by atoms with Gasteiger partial charge in [0.05, 0.1) is 21.7 Å². The lowest BCUT2D eigenvalue weighted by atomic mass is 10.2. The fourth-order valence-electron chi connectivity index (χ4n) is 2.83. The Labute approximate surface area is 149 Å². The molecule has 0 aliphatic carbocycles. The third kappa shape index (κ3) is 3.10. The highest BCUT2D eigenvalue weighted by atomic mass is 32.2. The standard InChI is InChI=1S/C17H15N3O3S2/c21-16(19-17-18-14-7-1-2-8-15(14)24-17)12-5-3-6-13(11-12)20-9-4-10-25(20,22)23/h1-3,5-8,11H,4,9-10H2,(H,18,19,21). The van der Waals surface area contributed by atoms with Gasteiger partial charge in [-0.3, -0.25) is 14.4 Å². The summed E-state index contributed by atoms with van der Waals surface area (Å²) < 4.78 is 26.5. The van der Waals surface area contributed by atoms with E-state index in [2.05, 4.69) is 10.3 Å². The lowest BCUT2D eigenvalue weighted by molar-refractivity contribution is 0.102. The zero-order valence-electron chi connectivity index (χ0n) is 13.2. The van der Waals surface area contributed by atoms with Gasteiger partial charge in [-0.15, -0.1) is 0 Å². The summed E-state index contributed by atoms with van der Waals surface area (Å²) in [5.41, 5.74) is 1.76. The summed E-state index contributed by atoms with van der Waals surface area (Å²) in [4.78, 5) is 16.9. The Morgan fingerprint density at radius 1 is 1.16 bits per heavy atom. The number of nitrogens with zero attached hydrogens (tertiary/aromatic N) is 2. The molecule has 4 rings (SSSR count). The highest BCUT2D eigenvalue weighted by Crippen LogP contribution is 2.27. The van der Waals surface area contributed by atoms with Crippen molar-refractivity contribution >= 4 is 48.3 Å². The largest absolute Gasteiger partial charge is 0.298 e. The molecule has 1 saturated heterocycles. The van der Waals surface area contributed by atoms with Crippen molar-refractivity contribution in [2.75, 3.05) is 21.9 Å². The molecule has 0 saturated carbocycles. The monoisotopic (exact) mass is 373 g/mol. The van der Waals surface area contributed by atoms with E-state index in [1.165, 1.54) is 15.6 Å². The summed E-state index contributed by atoms with van der Waals surface area (Å²) in [6, 6.07) is 14.3. The van der Waals surface area contributed by atoms with Crippen LogP contribution in [0.25, 0.3) is 10.2 Å². The van der Waals surface area contributed by atoms with E-state index in [1.54, 1.807) is 24.3 Å². The van der Waals surface area contributed by atoms with Crippen LogP contribution in [0.1, 0.15) is 16.8 Å². The van der Waals surface area contributed by atoms with Crippen molar-refractivity contribution in [3.8, 4) is 0 Å². The van der Waals surface area contributed by atoms with Gasteiger partial charge in [0.1, 0.15) is 0 Å². The van der Waals surface area contributed by atoms with Crippen molar-refractivity contribution in [1.29, 1.82) is 0 Å². The number of carbonyl (C=O) groups is 1. The molecule has 0 atom stereocenters. The van der Waals surface area contributed by atoms with Gasteiger partial charge in [-0.25, -0.2) is 13.4 Å². The first-order valence-electron chi connectivity index (χ1n) is 7.80. The van der Waals surface area contributed by atoms with E-state index in [-0.39, 0.29) is 11.7 Å². The number of hydrogen-bond acceptors (Lipinski definition) is 5. The number of hydrogen-bond donors (Lipinski definition) is 1. The maximum atomic E-state index is 12.5. The number of thiazole rings is 1. The molecule has 2 heterocycles. The highest BCUT2D eigenvalue weighted by Gasteiger charge is 2.28. The minimum absolute atomic E-state index is 0.148. The van der Waals surface area contributed by atoms with E-state index in [4.69, 9.17) is 0 Å². The number of nitrogens with one attached hydrogen (secondary N) is 1. The zero-order chi connectivity index (χ0) is 17.4. The molecule has 6 nitrogen and oxygen atoms in total. The summed E-state index contributed by atoms with van der Waals surface area (Å²) in [5.74, 6) is -0.160. The van der Waals surface area contributed by atoms with Gasteiger partial charge < -0.3 is 0 Å². The van der Waals surface area contributed by atoms with E-state index in [0.717, 1.165) is 10.2 Å². The number of amides is 1. The number of para-hydroxylation sites is 1. The highest BCUT2D eigenvalue weighted by molar-refractivity contribution is 7.93. The van der Waals surface area contributed by atoms with E-state index >= 15 is 0 Å². The number of sulfonamides is 1. The van der Waals surface area contributed by atoms with Crippen LogP contribution < -0.4 is 9.62 Å². The second-order valence-electron chi connectivity index (χ2n) is 5.73. The topological polar surface area (TPSA) is 79.4 Å². The minimum atomic E-state index is -3.27. The van der Waals surface area contributed by atoms with E-state index in [1.807, 2.05) is 24.3 Å². The van der Waals surface area contributed by atoms with E-state index in [9.17, 15) is 13.2 Å². The quantitative estimate of drug-likeness (QED) is 0.765. The molecule has 1 aliphatic rings. The third-order valence-electron chi connectivity index (χ3n) is 4.01. The Bertz CT molecular complexity index is 1030. The Morgan fingerprint density at radius 2 is 2.00 bits per heavy atom. The Balaban J connectivity index is 1.59. The van der Waals surface area contributed by atoms with Crippen LogP contribution >= 0.6 is 11.3 Å². The van der Waals surface area contributed by atoms with Crippen molar-refractivity contribution in [3.05, 3.63) is 54.1 Å². The van der Waals surface area contributed by atoms with Gasteiger partial charge in [0.15, 0.2) is 5.13 Å². The molecule has 1 aliphatic heterocycles. The number of rotatable bonds is 3. The second-order valence-corrected chi connectivity index (χ2v) is 8.78. The molecule has 128 valence electrons. The molecule has 1 amide bonds. The van der Waals surface area contributed by atoms with Gasteiger partial charge in [0.2, 0.25) is 10.0 Å². The summed E-state index contributed by atoms with van der Waals surface area (Å²) in [6.45, 7) is 0.450. The van der Waals surface area contributed by atoms with E-state index < -0.39 is 10.0 Å². The molecule has 1 N–H and O–H groups in total. The second kappa shape index (κ2) is 6.12. The van der Waals surface area contributed by atoms with Crippen LogP contribution in [0.2, 0.25) is 0 Å². The first-order chi connectivity index (χ1) is 12.0. The average Bonchev–Trinajstić information content (AvgIpc) is 3.16. The summed E-state index contributed by atoms with van der Waals surface area (Å²) in [7, 11) is -3.27. The number of aromatic nitrogens is 1. The molecule has 0 unspecified atom stereocenters. The van der Waals surface area contributed by atoms with Crippen LogP contribution in [0.3, 0.4) is 0 Å².